The largest absolute Gasteiger partial charge is 0.344 e. The Morgan fingerprint density at radius 2 is 1.52 bits per heavy atom. The average Bonchev–Trinajstić information content (AvgIpc) is 3.00. The number of amides is 1. The van der Waals surface area contributed by atoms with Gasteiger partial charge in [-0.3, -0.25) is 4.79 Å². The molecular formula is C22H18N2O. The SMILES string of the molecule is Cn1c(-c2ccccc2NC(=O)c2ccccc2)cc2ccccc21. The maximum Gasteiger partial charge on any atom is 0.255 e. The maximum absolute atomic E-state index is 12.5. The molecule has 3 heteroatoms. The van der Waals surface area contributed by atoms with Crippen LogP contribution in [0.15, 0.2) is 84.9 Å². The highest BCUT2D eigenvalue weighted by Gasteiger charge is 2.13. The van der Waals surface area contributed by atoms with Crippen molar-refractivity contribution in [1.29, 1.82) is 0 Å². The van der Waals surface area contributed by atoms with Crippen LogP contribution < -0.4 is 5.32 Å². The third-order valence-corrected chi connectivity index (χ3v) is 4.44. The summed E-state index contributed by atoms with van der Waals surface area (Å²) in [5.74, 6) is -0.105. The first kappa shape index (κ1) is 15.2. The lowest BCUT2D eigenvalue weighted by molar-refractivity contribution is 0.102. The van der Waals surface area contributed by atoms with E-state index in [0.29, 0.717) is 5.56 Å². The van der Waals surface area contributed by atoms with Gasteiger partial charge in [-0.15, -0.1) is 0 Å². The van der Waals surface area contributed by atoms with Crippen LogP contribution in [-0.2, 0) is 7.05 Å². The highest BCUT2D eigenvalue weighted by molar-refractivity contribution is 6.06. The van der Waals surface area contributed by atoms with Crippen molar-refractivity contribution in [3.8, 4) is 11.3 Å². The Bertz CT molecular complexity index is 1050. The second-order valence-electron chi connectivity index (χ2n) is 6.01. The minimum atomic E-state index is -0.105. The summed E-state index contributed by atoms with van der Waals surface area (Å²) in [6.45, 7) is 0. The second-order valence-corrected chi connectivity index (χ2v) is 6.01. The molecule has 3 aromatic carbocycles. The van der Waals surface area contributed by atoms with Crippen molar-refractivity contribution in [2.75, 3.05) is 5.32 Å². The van der Waals surface area contributed by atoms with Crippen molar-refractivity contribution in [3.63, 3.8) is 0 Å². The minimum Gasteiger partial charge on any atom is -0.344 e. The molecule has 0 unspecified atom stereocenters. The zero-order chi connectivity index (χ0) is 17.2. The Kier molecular flexibility index (Phi) is 3.82. The zero-order valence-electron chi connectivity index (χ0n) is 13.9. The lowest BCUT2D eigenvalue weighted by atomic mass is 10.1. The van der Waals surface area contributed by atoms with E-state index in [1.807, 2.05) is 73.8 Å². The molecule has 25 heavy (non-hydrogen) atoms. The van der Waals surface area contributed by atoms with E-state index in [1.54, 1.807) is 0 Å². The number of benzene rings is 3. The third-order valence-electron chi connectivity index (χ3n) is 4.44. The van der Waals surface area contributed by atoms with E-state index in [0.717, 1.165) is 16.9 Å². The van der Waals surface area contributed by atoms with Gasteiger partial charge in [-0.1, -0.05) is 54.6 Å². The number of carbonyl (C=O) groups excluding carboxylic acids is 1. The maximum atomic E-state index is 12.5. The monoisotopic (exact) mass is 326 g/mol. The van der Waals surface area contributed by atoms with Crippen molar-refractivity contribution in [1.82, 2.24) is 4.57 Å². The summed E-state index contributed by atoms with van der Waals surface area (Å²) >= 11 is 0. The number of hydrogen-bond donors (Lipinski definition) is 1. The summed E-state index contributed by atoms with van der Waals surface area (Å²) in [5.41, 5.74) is 4.70. The molecule has 0 spiro atoms. The highest BCUT2D eigenvalue weighted by Crippen LogP contribution is 2.32. The summed E-state index contributed by atoms with van der Waals surface area (Å²) in [5, 5.41) is 4.23. The quantitative estimate of drug-likeness (QED) is 0.558. The van der Waals surface area contributed by atoms with Gasteiger partial charge in [-0.25, -0.2) is 0 Å². The number of anilines is 1. The van der Waals surface area contributed by atoms with Crippen LogP contribution >= 0.6 is 0 Å². The van der Waals surface area contributed by atoms with Crippen molar-refractivity contribution >= 4 is 22.5 Å². The van der Waals surface area contributed by atoms with Gasteiger partial charge in [0.15, 0.2) is 0 Å². The predicted octanol–water partition coefficient (Wildman–Crippen LogP) is 5.10. The number of nitrogens with zero attached hydrogens (tertiary/aromatic N) is 1. The Labute approximate surface area is 146 Å². The first-order valence-corrected chi connectivity index (χ1v) is 8.24. The molecular weight excluding hydrogens is 308 g/mol. The average molecular weight is 326 g/mol. The molecule has 1 heterocycles. The van der Waals surface area contributed by atoms with Crippen LogP contribution in [0.2, 0.25) is 0 Å². The summed E-state index contributed by atoms with van der Waals surface area (Å²) in [7, 11) is 2.05. The molecule has 3 nitrogen and oxygen atoms in total. The van der Waals surface area contributed by atoms with Gasteiger partial charge in [-0.05, 0) is 30.3 Å². The minimum absolute atomic E-state index is 0.105. The van der Waals surface area contributed by atoms with Crippen LogP contribution in [0.1, 0.15) is 10.4 Å². The fourth-order valence-electron chi connectivity index (χ4n) is 3.15. The van der Waals surface area contributed by atoms with E-state index in [1.165, 1.54) is 10.9 Å². The van der Waals surface area contributed by atoms with Gasteiger partial charge in [0.25, 0.3) is 5.91 Å². The number of aryl methyl sites for hydroxylation is 1. The van der Waals surface area contributed by atoms with E-state index in [2.05, 4.69) is 28.1 Å². The molecule has 122 valence electrons. The topological polar surface area (TPSA) is 34.0 Å². The summed E-state index contributed by atoms with van der Waals surface area (Å²) in [6, 6.07) is 27.6. The van der Waals surface area contributed by atoms with Gasteiger partial charge in [0.2, 0.25) is 0 Å². The predicted molar refractivity (Wildman–Crippen MR) is 103 cm³/mol. The molecule has 1 aromatic heterocycles. The molecule has 0 atom stereocenters. The van der Waals surface area contributed by atoms with Crippen molar-refractivity contribution < 1.29 is 4.79 Å². The van der Waals surface area contributed by atoms with E-state index in [-0.39, 0.29) is 5.91 Å². The first-order chi connectivity index (χ1) is 12.2. The number of para-hydroxylation sites is 2. The van der Waals surface area contributed by atoms with E-state index >= 15 is 0 Å². The molecule has 0 fully saturated rings. The van der Waals surface area contributed by atoms with Gasteiger partial charge in [0.05, 0.1) is 11.4 Å². The van der Waals surface area contributed by atoms with Gasteiger partial charge < -0.3 is 9.88 Å². The fourth-order valence-corrected chi connectivity index (χ4v) is 3.15. The highest BCUT2D eigenvalue weighted by atomic mass is 16.1. The molecule has 0 aliphatic heterocycles. The molecule has 1 amide bonds. The molecule has 0 saturated carbocycles. The van der Waals surface area contributed by atoms with Gasteiger partial charge in [0.1, 0.15) is 0 Å². The van der Waals surface area contributed by atoms with Crippen LogP contribution in [-0.4, -0.2) is 10.5 Å². The summed E-state index contributed by atoms with van der Waals surface area (Å²) < 4.78 is 2.16. The number of rotatable bonds is 3. The molecule has 0 aliphatic rings. The third kappa shape index (κ3) is 2.81. The molecule has 4 aromatic rings. The van der Waals surface area contributed by atoms with Gasteiger partial charge in [0, 0.05) is 29.1 Å². The van der Waals surface area contributed by atoms with Crippen molar-refractivity contribution in [2.24, 2.45) is 7.05 Å². The molecule has 0 aliphatic carbocycles. The summed E-state index contributed by atoms with van der Waals surface area (Å²) in [4.78, 5) is 12.5. The molecule has 0 radical (unpaired) electrons. The zero-order valence-corrected chi connectivity index (χ0v) is 13.9. The lowest BCUT2D eigenvalue weighted by Crippen LogP contribution is -2.12. The summed E-state index contributed by atoms with van der Waals surface area (Å²) in [6.07, 6.45) is 0. The van der Waals surface area contributed by atoms with Crippen LogP contribution in [0, 0.1) is 0 Å². The smallest absolute Gasteiger partial charge is 0.255 e. The Balaban J connectivity index is 1.76. The van der Waals surface area contributed by atoms with E-state index in [4.69, 9.17) is 0 Å². The standard InChI is InChI=1S/C22H18N2O/c1-24-20-14-8-5-11-17(20)15-21(24)18-12-6-7-13-19(18)23-22(25)16-9-3-2-4-10-16/h2-15H,1H3,(H,23,25). The van der Waals surface area contributed by atoms with E-state index in [9.17, 15) is 4.79 Å². The number of aromatic nitrogens is 1. The molecule has 0 saturated heterocycles. The van der Waals surface area contributed by atoms with Crippen LogP contribution in [0.25, 0.3) is 22.2 Å². The first-order valence-electron chi connectivity index (χ1n) is 8.24. The number of hydrogen-bond acceptors (Lipinski definition) is 1. The van der Waals surface area contributed by atoms with E-state index < -0.39 is 0 Å². The van der Waals surface area contributed by atoms with Crippen LogP contribution in [0.4, 0.5) is 5.69 Å². The van der Waals surface area contributed by atoms with Crippen molar-refractivity contribution in [3.05, 3.63) is 90.5 Å². The Hall–Kier alpha value is -3.33. The second kappa shape index (κ2) is 6.29. The Morgan fingerprint density at radius 3 is 2.32 bits per heavy atom. The number of carbonyl (C=O) groups is 1. The molecule has 4 rings (SSSR count). The number of nitrogens with one attached hydrogen (secondary N) is 1. The van der Waals surface area contributed by atoms with Crippen molar-refractivity contribution in [2.45, 2.75) is 0 Å². The van der Waals surface area contributed by atoms with Gasteiger partial charge in [-0.2, -0.15) is 0 Å². The number of fused-ring (bicyclic) bond motifs is 1. The Morgan fingerprint density at radius 1 is 0.840 bits per heavy atom. The van der Waals surface area contributed by atoms with Gasteiger partial charge >= 0.3 is 0 Å². The molecule has 1 N–H and O–H groups in total. The normalized spacial score (nSPS) is 10.8. The van der Waals surface area contributed by atoms with Crippen LogP contribution in [0.3, 0.4) is 0 Å². The van der Waals surface area contributed by atoms with Crippen LogP contribution in [0.5, 0.6) is 0 Å². The fraction of sp³-hybridized carbons (Fsp3) is 0.0455. The molecule has 0 bridgehead atoms. The lowest BCUT2D eigenvalue weighted by Gasteiger charge is -2.12.